The topological polar surface area (TPSA) is 40.5 Å². The molecule has 26 heavy (non-hydrogen) atoms. The van der Waals surface area contributed by atoms with Gasteiger partial charge in [-0.3, -0.25) is 0 Å². The molecule has 0 aliphatic heterocycles. The highest BCUT2D eigenvalue weighted by Crippen LogP contribution is 2.13. The lowest BCUT2D eigenvalue weighted by Gasteiger charge is -2.18. The molecule has 0 atom stereocenters. The van der Waals surface area contributed by atoms with Gasteiger partial charge in [0.15, 0.2) is 0 Å². The average molecular weight is 370 g/mol. The maximum atomic E-state index is 11.1. The predicted molar refractivity (Wildman–Crippen MR) is 114 cm³/mol. The van der Waals surface area contributed by atoms with E-state index in [2.05, 4.69) is 13.8 Å². The Hall–Kier alpha value is -0.730. The number of hydrogen-bond acceptors (Lipinski definition) is 1. The summed E-state index contributed by atoms with van der Waals surface area (Å²) in [5, 5.41) is 9.15. The quantitative estimate of drug-likeness (QED) is 0.221. The van der Waals surface area contributed by atoms with Gasteiger partial charge in [-0.05, 0) is 12.8 Å². The molecule has 156 valence electrons. The van der Waals surface area contributed by atoms with Crippen LogP contribution in [0.1, 0.15) is 129 Å². The predicted octanol–water partition coefficient (Wildman–Crippen LogP) is 8.03. The highest BCUT2D eigenvalue weighted by atomic mass is 16.4. The van der Waals surface area contributed by atoms with Gasteiger partial charge in [0.25, 0.3) is 0 Å². The van der Waals surface area contributed by atoms with Crippen molar-refractivity contribution in [2.45, 2.75) is 129 Å². The van der Waals surface area contributed by atoms with Gasteiger partial charge in [-0.25, -0.2) is 4.79 Å². The molecule has 0 aliphatic rings. The van der Waals surface area contributed by atoms with Gasteiger partial charge in [-0.2, -0.15) is 0 Å². The molecular weight excluding hydrogens is 322 g/mol. The van der Waals surface area contributed by atoms with E-state index in [0.29, 0.717) is 13.1 Å². The smallest absolute Gasteiger partial charge is 0.407 e. The summed E-state index contributed by atoms with van der Waals surface area (Å²) in [5.74, 6) is 0. The van der Waals surface area contributed by atoms with Crippen LogP contribution in [-0.4, -0.2) is 29.2 Å². The molecule has 0 saturated heterocycles. The molecule has 0 aliphatic carbocycles. The second kappa shape index (κ2) is 20.6. The van der Waals surface area contributed by atoms with Crippen molar-refractivity contribution in [1.29, 1.82) is 0 Å². The van der Waals surface area contributed by atoms with Crippen molar-refractivity contribution in [1.82, 2.24) is 4.90 Å². The lowest BCUT2D eigenvalue weighted by molar-refractivity contribution is 0.143. The van der Waals surface area contributed by atoms with E-state index in [1.807, 2.05) is 0 Å². The molecule has 1 amide bonds. The average Bonchev–Trinajstić information content (AvgIpc) is 2.63. The Balaban J connectivity index is 3.22. The molecular formula is C23H47NO2. The van der Waals surface area contributed by atoms with Gasteiger partial charge in [-0.15, -0.1) is 0 Å². The first-order chi connectivity index (χ1) is 12.7. The number of carboxylic acid groups (broad SMARTS) is 1. The van der Waals surface area contributed by atoms with Crippen LogP contribution in [0.2, 0.25) is 0 Å². The molecule has 0 aromatic rings. The van der Waals surface area contributed by atoms with Crippen molar-refractivity contribution in [2.24, 2.45) is 0 Å². The largest absolute Gasteiger partial charge is 0.465 e. The normalized spacial score (nSPS) is 11.0. The monoisotopic (exact) mass is 369 g/mol. The minimum Gasteiger partial charge on any atom is -0.465 e. The Morgan fingerprint density at radius 2 is 0.846 bits per heavy atom. The summed E-state index contributed by atoms with van der Waals surface area (Å²) in [6.07, 6.45) is 23.0. The highest BCUT2D eigenvalue weighted by Gasteiger charge is 2.09. The number of nitrogens with zero attached hydrogens (tertiary/aromatic N) is 1. The lowest BCUT2D eigenvalue weighted by Crippen LogP contribution is -2.31. The molecule has 0 bridgehead atoms. The Kier molecular flexibility index (Phi) is 20.0. The number of carbonyl (C=O) groups is 1. The van der Waals surface area contributed by atoms with Crippen LogP contribution in [0.15, 0.2) is 0 Å². The van der Waals surface area contributed by atoms with Gasteiger partial charge in [-0.1, -0.05) is 117 Å². The van der Waals surface area contributed by atoms with Crippen molar-refractivity contribution < 1.29 is 9.90 Å². The van der Waals surface area contributed by atoms with Crippen molar-refractivity contribution in [3.63, 3.8) is 0 Å². The van der Waals surface area contributed by atoms with Crippen LogP contribution >= 0.6 is 0 Å². The van der Waals surface area contributed by atoms with Gasteiger partial charge < -0.3 is 10.0 Å². The van der Waals surface area contributed by atoms with Crippen LogP contribution in [-0.2, 0) is 0 Å². The SMILES string of the molecule is CCCCCCCCCCCCCCCCCCN(CCCC)C(=O)O. The maximum Gasteiger partial charge on any atom is 0.407 e. The number of rotatable bonds is 20. The summed E-state index contributed by atoms with van der Waals surface area (Å²) in [4.78, 5) is 12.7. The molecule has 0 rings (SSSR count). The summed E-state index contributed by atoms with van der Waals surface area (Å²) < 4.78 is 0. The molecule has 0 fully saturated rings. The van der Waals surface area contributed by atoms with Gasteiger partial charge in [0, 0.05) is 13.1 Å². The standard InChI is InChI=1S/C23H47NO2/c1-3-5-7-8-9-10-11-12-13-14-15-16-17-18-19-20-22-24(23(25)26)21-6-4-2/h3-22H2,1-2H3,(H,25,26). The first-order valence-corrected chi connectivity index (χ1v) is 11.7. The van der Waals surface area contributed by atoms with Crippen LogP contribution in [0.4, 0.5) is 4.79 Å². The minimum atomic E-state index is -0.751. The van der Waals surface area contributed by atoms with Crippen LogP contribution in [0.3, 0.4) is 0 Å². The Morgan fingerprint density at radius 1 is 0.538 bits per heavy atom. The Labute approximate surface area is 163 Å². The molecule has 3 heteroatoms. The van der Waals surface area contributed by atoms with Crippen LogP contribution in [0.25, 0.3) is 0 Å². The van der Waals surface area contributed by atoms with Gasteiger partial charge in [0.2, 0.25) is 0 Å². The lowest BCUT2D eigenvalue weighted by atomic mass is 10.0. The fourth-order valence-electron chi connectivity index (χ4n) is 3.50. The Bertz CT molecular complexity index is 294. The molecule has 0 radical (unpaired) electrons. The third kappa shape index (κ3) is 18.1. The Morgan fingerprint density at radius 3 is 1.19 bits per heavy atom. The minimum absolute atomic E-state index is 0.699. The zero-order valence-corrected chi connectivity index (χ0v) is 17.9. The molecule has 3 nitrogen and oxygen atoms in total. The van der Waals surface area contributed by atoms with Gasteiger partial charge >= 0.3 is 6.09 Å². The first-order valence-electron chi connectivity index (χ1n) is 11.7. The fourth-order valence-corrected chi connectivity index (χ4v) is 3.50. The molecule has 0 unspecified atom stereocenters. The summed E-state index contributed by atoms with van der Waals surface area (Å²) in [6, 6.07) is 0. The summed E-state index contributed by atoms with van der Waals surface area (Å²) in [6.45, 7) is 5.80. The van der Waals surface area contributed by atoms with Crippen molar-refractivity contribution in [3.05, 3.63) is 0 Å². The van der Waals surface area contributed by atoms with Crippen LogP contribution in [0.5, 0.6) is 0 Å². The van der Waals surface area contributed by atoms with E-state index in [1.165, 1.54) is 96.3 Å². The molecule has 1 N–H and O–H groups in total. The number of amides is 1. The maximum absolute atomic E-state index is 11.1. The number of unbranched alkanes of at least 4 members (excludes halogenated alkanes) is 16. The third-order valence-electron chi connectivity index (χ3n) is 5.33. The molecule has 0 saturated carbocycles. The molecule has 0 aromatic heterocycles. The molecule has 0 aromatic carbocycles. The van der Waals surface area contributed by atoms with Crippen molar-refractivity contribution in [2.75, 3.05) is 13.1 Å². The highest BCUT2D eigenvalue weighted by molar-refractivity contribution is 5.64. The number of hydrogen-bond donors (Lipinski definition) is 1. The van der Waals surface area contributed by atoms with E-state index in [1.54, 1.807) is 4.90 Å². The van der Waals surface area contributed by atoms with E-state index in [-0.39, 0.29) is 0 Å². The second-order valence-corrected chi connectivity index (χ2v) is 7.93. The van der Waals surface area contributed by atoms with Gasteiger partial charge in [0.1, 0.15) is 0 Å². The second-order valence-electron chi connectivity index (χ2n) is 7.93. The third-order valence-corrected chi connectivity index (χ3v) is 5.33. The van der Waals surface area contributed by atoms with E-state index in [9.17, 15) is 4.79 Å². The fraction of sp³-hybridized carbons (Fsp3) is 0.957. The van der Waals surface area contributed by atoms with E-state index in [0.717, 1.165) is 19.3 Å². The summed E-state index contributed by atoms with van der Waals surface area (Å²) >= 11 is 0. The summed E-state index contributed by atoms with van der Waals surface area (Å²) in [7, 11) is 0. The van der Waals surface area contributed by atoms with Gasteiger partial charge in [0.05, 0.1) is 0 Å². The zero-order valence-electron chi connectivity index (χ0n) is 17.9. The van der Waals surface area contributed by atoms with Crippen LogP contribution in [0, 0.1) is 0 Å². The van der Waals surface area contributed by atoms with E-state index >= 15 is 0 Å². The zero-order chi connectivity index (χ0) is 19.3. The van der Waals surface area contributed by atoms with Crippen molar-refractivity contribution >= 4 is 6.09 Å². The molecule has 0 heterocycles. The van der Waals surface area contributed by atoms with E-state index < -0.39 is 6.09 Å². The van der Waals surface area contributed by atoms with E-state index in [4.69, 9.17) is 5.11 Å². The summed E-state index contributed by atoms with van der Waals surface area (Å²) in [5.41, 5.74) is 0. The van der Waals surface area contributed by atoms with Crippen LogP contribution < -0.4 is 0 Å². The first kappa shape index (κ1) is 25.3. The van der Waals surface area contributed by atoms with Crippen molar-refractivity contribution in [3.8, 4) is 0 Å². The molecule has 0 spiro atoms.